The molecule has 4 nitrogen and oxygen atoms in total. The Hall–Kier alpha value is -0.900. The van der Waals surface area contributed by atoms with Crippen LogP contribution in [0.1, 0.15) is 105 Å². The fraction of sp³-hybridized carbons (Fsp3) is 0.926. The van der Waals surface area contributed by atoms with Gasteiger partial charge in [-0.05, 0) is 84.9 Å². The summed E-state index contributed by atoms with van der Waals surface area (Å²) in [5, 5.41) is 22.4. The summed E-state index contributed by atoms with van der Waals surface area (Å²) in [6, 6.07) is 0. The average Bonchev–Trinajstić information content (AvgIpc) is 3.05. The molecule has 4 heteroatoms. The van der Waals surface area contributed by atoms with Gasteiger partial charge in [-0.15, -0.1) is 0 Å². The second kappa shape index (κ2) is 8.47. The van der Waals surface area contributed by atoms with Crippen LogP contribution in [-0.2, 0) is 0 Å². The van der Waals surface area contributed by atoms with E-state index in [4.69, 9.17) is 0 Å². The van der Waals surface area contributed by atoms with Crippen molar-refractivity contribution >= 4 is 0 Å². The van der Waals surface area contributed by atoms with Crippen LogP contribution >= 0.6 is 0 Å². The molecule has 0 aromatic carbocycles. The van der Waals surface area contributed by atoms with Crippen molar-refractivity contribution in [2.45, 2.75) is 111 Å². The van der Waals surface area contributed by atoms with Crippen LogP contribution in [0, 0.1) is 56.5 Å². The molecular formula is C27H45NO3. The molecule has 0 aliphatic heterocycles. The van der Waals surface area contributed by atoms with Crippen LogP contribution in [0.3, 0.4) is 0 Å². The summed E-state index contributed by atoms with van der Waals surface area (Å²) in [7, 11) is 0. The van der Waals surface area contributed by atoms with Crippen molar-refractivity contribution < 1.29 is 10.0 Å². The van der Waals surface area contributed by atoms with E-state index in [1.807, 2.05) is 0 Å². The molecule has 0 bridgehead atoms. The van der Waals surface area contributed by atoms with Crippen molar-refractivity contribution in [3.8, 4) is 0 Å². The number of hydrogen-bond donors (Lipinski definition) is 1. The van der Waals surface area contributed by atoms with E-state index in [-0.39, 0.29) is 10.3 Å². The summed E-state index contributed by atoms with van der Waals surface area (Å²) in [4.78, 5) is 12.0. The van der Waals surface area contributed by atoms with E-state index in [9.17, 15) is 15.2 Å². The molecular weight excluding hydrogens is 386 g/mol. The third-order valence-corrected chi connectivity index (χ3v) is 10.6. The van der Waals surface area contributed by atoms with Crippen LogP contribution in [0.4, 0.5) is 0 Å². The number of aliphatic hydroxyl groups excluding tert-OH is 1. The predicted octanol–water partition coefficient (Wildman–Crippen LogP) is 6.99. The summed E-state index contributed by atoms with van der Waals surface area (Å²) in [5.41, 5.74) is 1.74. The van der Waals surface area contributed by atoms with Crippen LogP contribution in [-0.4, -0.2) is 16.1 Å². The quantitative estimate of drug-likeness (QED) is 0.364. The zero-order valence-electron chi connectivity index (χ0n) is 20.5. The maximum Gasteiger partial charge on any atom is 0.246 e. The lowest BCUT2D eigenvalue weighted by atomic mass is 9.46. The summed E-state index contributed by atoms with van der Waals surface area (Å²) in [5.74, 6) is 3.96. The molecule has 3 fully saturated rings. The van der Waals surface area contributed by atoms with Crippen molar-refractivity contribution in [3.05, 3.63) is 21.4 Å². The number of fused-ring (bicyclic) bond motifs is 5. The first-order valence-electron chi connectivity index (χ1n) is 13.1. The second-order valence-corrected chi connectivity index (χ2v) is 12.6. The van der Waals surface area contributed by atoms with Crippen molar-refractivity contribution in [2.24, 2.45) is 46.3 Å². The fourth-order valence-electron chi connectivity index (χ4n) is 8.96. The lowest BCUT2D eigenvalue weighted by molar-refractivity contribution is -0.434. The Balaban J connectivity index is 1.59. The van der Waals surface area contributed by atoms with Gasteiger partial charge < -0.3 is 5.11 Å². The molecule has 4 rings (SSSR count). The van der Waals surface area contributed by atoms with Crippen molar-refractivity contribution in [1.29, 1.82) is 0 Å². The Morgan fingerprint density at radius 1 is 1.03 bits per heavy atom. The molecule has 0 heterocycles. The number of rotatable bonds is 6. The van der Waals surface area contributed by atoms with Gasteiger partial charge in [-0.2, -0.15) is 0 Å². The maximum absolute atomic E-state index is 12.1. The number of allylic oxidation sites excluding steroid dienone is 1. The van der Waals surface area contributed by atoms with Gasteiger partial charge in [-0.1, -0.05) is 53.9 Å². The van der Waals surface area contributed by atoms with E-state index in [0.717, 1.165) is 36.2 Å². The SMILES string of the molecule is CC(C)CCC[C@@H](C)[C@H]1CC[C@H]2[C@@H]3CC([N+](=O)[O-])=C4C[C@H](O)CC[C@]4(C)[C@H]3CC[C@]12C. The van der Waals surface area contributed by atoms with Crippen LogP contribution in [0.5, 0.6) is 0 Å². The molecule has 3 saturated carbocycles. The van der Waals surface area contributed by atoms with Gasteiger partial charge >= 0.3 is 0 Å². The minimum Gasteiger partial charge on any atom is -0.393 e. The zero-order chi connectivity index (χ0) is 22.6. The second-order valence-electron chi connectivity index (χ2n) is 12.6. The minimum absolute atomic E-state index is 0.0765. The number of aliphatic hydroxyl groups is 1. The highest BCUT2D eigenvalue weighted by Crippen LogP contribution is 2.68. The van der Waals surface area contributed by atoms with Gasteiger partial charge in [0.05, 0.1) is 11.0 Å². The van der Waals surface area contributed by atoms with Gasteiger partial charge in [-0.3, -0.25) is 10.1 Å². The summed E-state index contributed by atoms with van der Waals surface area (Å²) in [6.45, 7) is 12.0. The fourth-order valence-corrected chi connectivity index (χ4v) is 8.96. The molecule has 0 radical (unpaired) electrons. The first-order chi connectivity index (χ1) is 14.6. The van der Waals surface area contributed by atoms with E-state index >= 15 is 0 Å². The van der Waals surface area contributed by atoms with Crippen LogP contribution < -0.4 is 0 Å². The normalized spacial score (nSPS) is 43.4. The van der Waals surface area contributed by atoms with E-state index in [2.05, 4.69) is 34.6 Å². The average molecular weight is 432 g/mol. The molecule has 0 unspecified atom stereocenters. The van der Waals surface area contributed by atoms with Gasteiger partial charge in [0.25, 0.3) is 0 Å². The zero-order valence-corrected chi connectivity index (χ0v) is 20.5. The van der Waals surface area contributed by atoms with Crippen molar-refractivity contribution in [3.63, 3.8) is 0 Å². The topological polar surface area (TPSA) is 63.4 Å². The predicted molar refractivity (Wildman–Crippen MR) is 125 cm³/mol. The largest absolute Gasteiger partial charge is 0.393 e. The van der Waals surface area contributed by atoms with E-state index in [0.29, 0.717) is 41.7 Å². The third kappa shape index (κ3) is 3.89. The van der Waals surface area contributed by atoms with Crippen LogP contribution in [0.15, 0.2) is 11.3 Å². The summed E-state index contributed by atoms with van der Waals surface area (Å²) >= 11 is 0. The molecule has 4 aliphatic rings. The molecule has 0 aromatic rings. The Morgan fingerprint density at radius 3 is 2.45 bits per heavy atom. The Kier molecular flexibility index (Phi) is 6.35. The molecule has 0 saturated heterocycles. The number of hydrogen-bond acceptors (Lipinski definition) is 3. The van der Waals surface area contributed by atoms with Crippen molar-refractivity contribution in [1.82, 2.24) is 0 Å². The third-order valence-electron chi connectivity index (χ3n) is 10.6. The molecule has 4 aliphatic carbocycles. The van der Waals surface area contributed by atoms with Crippen LogP contribution in [0.25, 0.3) is 0 Å². The van der Waals surface area contributed by atoms with Gasteiger partial charge in [0.1, 0.15) is 0 Å². The van der Waals surface area contributed by atoms with Crippen molar-refractivity contribution in [2.75, 3.05) is 0 Å². The molecule has 0 amide bonds. The lowest BCUT2D eigenvalue weighted by Crippen LogP contribution is -2.52. The van der Waals surface area contributed by atoms with Crippen LogP contribution in [0.2, 0.25) is 0 Å². The standard InChI is InChI=1S/C27H45NO3/c1-17(2)7-6-8-18(3)21-9-10-22-20-16-25(28(30)31)24-15-19(29)11-13-27(24,5)23(20)12-14-26(21,22)4/h17-23,29H,6-16H2,1-5H3/t18-,19-,20+,21-,22+,23+,26-,27-/m1/s1. The minimum atomic E-state index is -0.397. The highest BCUT2D eigenvalue weighted by molar-refractivity contribution is 5.28. The van der Waals surface area contributed by atoms with E-state index in [1.54, 1.807) is 0 Å². The maximum atomic E-state index is 12.1. The lowest BCUT2D eigenvalue weighted by Gasteiger charge is -2.58. The summed E-state index contributed by atoms with van der Waals surface area (Å²) < 4.78 is 0. The highest BCUT2D eigenvalue weighted by Gasteiger charge is 2.61. The molecule has 0 aromatic heterocycles. The summed E-state index contributed by atoms with van der Waals surface area (Å²) in [6.07, 6.45) is 11.5. The van der Waals surface area contributed by atoms with Gasteiger partial charge in [0.2, 0.25) is 5.70 Å². The number of nitrogens with zero attached hydrogens (tertiary/aromatic N) is 1. The molecule has 31 heavy (non-hydrogen) atoms. The molecule has 1 N–H and O–H groups in total. The van der Waals surface area contributed by atoms with E-state index < -0.39 is 6.10 Å². The Bertz CT molecular complexity index is 730. The Labute approximate surface area is 189 Å². The van der Waals surface area contributed by atoms with E-state index in [1.165, 1.54) is 44.9 Å². The van der Waals surface area contributed by atoms with Gasteiger partial charge in [0.15, 0.2) is 0 Å². The smallest absolute Gasteiger partial charge is 0.246 e. The first kappa shape index (κ1) is 23.3. The monoisotopic (exact) mass is 431 g/mol. The van der Waals surface area contributed by atoms with Gasteiger partial charge in [0, 0.05) is 18.4 Å². The Morgan fingerprint density at radius 2 is 1.77 bits per heavy atom. The first-order valence-corrected chi connectivity index (χ1v) is 13.1. The highest BCUT2D eigenvalue weighted by atomic mass is 16.6. The number of nitro groups is 1. The molecule has 0 spiro atoms. The molecule has 176 valence electrons. The molecule has 8 atom stereocenters. The van der Waals surface area contributed by atoms with Gasteiger partial charge in [-0.25, -0.2) is 0 Å².